The van der Waals surface area contributed by atoms with Gasteiger partial charge in [-0.05, 0) is 97.4 Å². The molecular formula is C56H37NO. The maximum atomic E-state index is 6.62. The summed E-state index contributed by atoms with van der Waals surface area (Å²) in [5, 5.41) is 7.19. The van der Waals surface area contributed by atoms with E-state index in [2.05, 4.69) is 223 Å². The fourth-order valence-electron chi connectivity index (χ4n) is 8.71. The number of para-hydroxylation sites is 3. The van der Waals surface area contributed by atoms with E-state index in [0.717, 1.165) is 55.7 Å². The molecule has 0 saturated carbocycles. The van der Waals surface area contributed by atoms with Crippen molar-refractivity contribution in [2.24, 2.45) is 0 Å². The Morgan fingerprint density at radius 3 is 1.71 bits per heavy atom. The summed E-state index contributed by atoms with van der Waals surface area (Å²) in [6, 6.07) is 80.7. The van der Waals surface area contributed by atoms with Crippen LogP contribution in [-0.4, -0.2) is 0 Å². The molecule has 0 bridgehead atoms. The van der Waals surface area contributed by atoms with Crippen molar-refractivity contribution < 1.29 is 4.42 Å². The van der Waals surface area contributed by atoms with E-state index in [4.69, 9.17) is 4.42 Å². The number of furan rings is 1. The number of hydrogen-bond acceptors (Lipinski definition) is 2. The Kier molecular flexibility index (Phi) is 8.19. The van der Waals surface area contributed by atoms with Gasteiger partial charge in [-0.2, -0.15) is 0 Å². The quantitative estimate of drug-likeness (QED) is 0.162. The zero-order valence-electron chi connectivity index (χ0n) is 31.7. The Bertz CT molecular complexity index is 3290. The number of hydrogen-bond donors (Lipinski definition) is 0. The molecule has 272 valence electrons. The zero-order valence-corrected chi connectivity index (χ0v) is 31.7. The molecule has 0 N–H and O–H groups in total. The highest BCUT2D eigenvalue weighted by Gasteiger charge is 2.21. The van der Waals surface area contributed by atoms with Crippen LogP contribution in [0.4, 0.5) is 17.1 Å². The van der Waals surface area contributed by atoms with Crippen LogP contribution in [0.25, 0.3) is 88.0 Å². The molecule has 0 amide bonds. The van der Waals surface area contributed by atoms with Gasteiger partial charge in [0.25, 0.3) is 0 Å². The molecule has 58 heavy (non-hydrogen) atoms. The lowest BCUT2D eigenvalue weighted by Crippen LogP contribution is -2.11. The number of rotatable bonds is 7. The van der Waals surface area contributed by atoms with E-state index in [1.807, 2.05) is 6.07 Å². The molecule has 0 unspecified atom stereocenters. The van der Waals surface area contributed by atoms with Gasteiger partial charge in [0, 0.05) is 33.3 Å². The van der Waals surface area contributed by atoms with Gasteiger partial charge in [-0.15, -0.1) is 0 Å². The lowest BCUT2D eigenvalue weighted by Gasteiger charge is -2.28. The molecule has 0 aliphatic rings. The number of anilines is 3. The molecule has 0 saturated heterocycles. The van der Waals surface area contributed by atoms with E-state index in [0.29, 0.717) is 0 Å². The summed E-state index contributed by atoms with van der Waals surface area (Å²) >= 11 is 0. The Morgan fingerprint density at radius 2 is 0.862 bits per heavy atom. The van der Waals surface area contributed by atoms with Crippen LogP contribution in [0.2, 0.25) is 0 Å². The van der Waals surface area contributed by atoms with Crippen LogP contribution in [0.15, 0.2) is 229 Å². The molecule has 10 aromatic carbocycles. The third-order valence-electron chi connectivity index (χ3n) is 11.5. The molecule has 0 aliphatic carbocycles. The molecule has 0 atom stereocenters. The average Bonchev–Trinajstić information content (AvgIpc) is 3.69. The lowest BCUT2D eigenvalue weighted by molar-refractivity contribution is 0.670. The van der Waals surface area contributed by atoms with Crippen LogP contribution in [0.5, 0.6) is 0 Å². The Hall–Kier alpha value is -7.68. The van der Waals surface area contributed by atoms with Gasteiger partial charge in [0.2, 0.25) is 0 Å². The Morgan fingerprint density at radius 1 is 0.293 bits per heavy atom. The second-order valence-corrected chi connectivity index (χ2v) is 14.9. The maximum Gasteiger partial charge on any atom is 0.143 e. The van der Waals surface area contributed by atoms with Crippen LogP contribution < -0.4 is 4.90 Å². The molecule has 0 radical (unpaired) electrons. The second kappa shape index (κ2) is 14.1. The normalized spacial score (nSPS) is 11.4. The number of fused-ring (bicyclic) bond motifs is 5. The minimum atomic E-state index is 0.889. The van der Waals surface area contributed by atoms with Crippen molar-refractivity contribution in [3.05, 3.63) is 224 Å². The summed E-state index contributed by atoms with van der Waals surface area (Å²) < 4.78 is 6.62. The lowest BCUT2D eigenvalue weighted by atomic mass is 9.93. The van der Waals surface area contributed by atoms with E-state index < -0.39 is 0 Å². The molecule has 0 aliphatic heterocycles. The minimum absolute atomic E-state index is 0.889. The van der Waals surface area contributed by atoms with Gasteiger partial charge in [-0.25, -0.2) is 0 Å². The highest BCUT2D eigenvalue weighted by Crippen LogP contribution is 2.46. The molecular weight excluding hydrogens is 703 g/mol. The SMILES string of the molecule is c1cc(-c2ccccc2-c2ccc3ccccc3c2)cc(N(c2ccc(-c3cccc4ccccc34)cc2)c2ccccc2-c2cccc3c2oc2ccccc23)c1. The maximum absolute atomic E-state index is 6.62. The van der Waals surface area contributed by atoms with E-state index in [1.54, 1.807) is 0 Å². The van der Waals surface area contributed by atoms with Crippen LogP contribution in [0, 0.1) is 0 Å². The van der Waals surface area contributed by atoms with Gasteiger partial charge in [-0.3, -0.25) is 0 Å². The van der Waals surface area contributed by atoms with Gasteiger partial charge in [0.1, 0.15) is 11.2 Å². The fraction of sp³-hybridized carbons (Fsp3) is 0. The Labute approximate surface area is 337 Å². The summed E-state index contributed by atoms with van der Waals surface area (Å²) in [5.74, 6) is 0. The first-order valence-electron chi connectivity index (χ1n) is 19.8. The van der Waals surface area contributed by atoms with Crippen molar-refractivity contribution in [2.45, 2.75) is 0 Å². The second-order valence-electron chi connectivity index (χ2n) is 14.9. The third-order valence-corrected chi connectivity index (χ3v) is 11.5. The summed E-state index contributed by atoms with van der Waals surface area (Å²) in [7, 11) is 0. The smallest absolute Gasteiger partial charge is 0.143 e. The summed E-state index contributed by atoms with van der Waals surface area (Å²) in [4.78, 5) is 2.39. The number of nitrogens with zero attached hydrogens (tertiary/aromatic N) is 1. The monoisotopic (exact) mass is 739 g/mol. The van der Waals surface area contributed by atoms with Crippen LogP contribution >= 0.6 is 0 Å². The predicted octanol–water partition coefficient (Wildman–Crippen LogP) is 16.0. The highest BCUT2D eigenvalue weighted by atomic mass is 16.3. The summed E-state index contributed by atoms with van der Waals surface area (Å²) in [5.41, 5.74) is 14.3. The van der Waals surface area contributed by atoms with Crippen molar-refractivity contribution in [3.63, 3.8) is 0 Å². The van der Waals surface area contributed by atoms with Crippen LogP contribution in [-0.2, 0) is 0 Å². The molecule has 2 heteroatoms. The van der Waals surface area contributed by atoms with E-state index in [1.165, 1.54) is 49.4 Å². The first kappa shape index (κ1) is 33.6. The number of benzene rings is 10. The molecule has 0 fully saturated rings. The molecule has 0 spiro atoms. The van der Waals surface area contributed by atoms with Crippen LogP contribution in [0.3, 0.4) is 0 Å². The third kappa shape index (κ3) is 5.82. The molecule has 2 nitrogen and oxygen atoms in total. The molecule has 11 aromatic rings. The van der Waals surface area contributed by atoms with Crippen molar-refractivity contribution in [1.82, 2.24) is 0 Å². The van der Waals surface area contributed by atoms with Gasteiger partial charge in [0.05, 0.1) is 5.69 Å². The summed E-state index contributed by atoms with van der Waals surface area (Å²) in [6.07, 6.45) is 0. The average molecular weight is 740 g/mol. The molecule has 11 rings (SSSR count). The van der Waals surface area contributed by atoms with E-state index in [9.17, 15) is 0 Å². The molecule has 1 aromatic heterocycles. The largest absolute Gasteiger partial charge is 0.455 e. The van der Waals surface area contributed by atoms with Gasteiger partial charge >= 0.3 is 0 Å². The fourth-order valence-corrected chi connectivity index (χ4v) is 8.71. The van der Waals surface area contributed by atoms with E-state index >= 15 is 0 Å². The van der Waals surface area contributed by atoms with Crippen molar-refractivity contribution in [3.8, 4) is 44.5 Å². The van der Waals surface area contributed by atoms with Crippen molar-refractivity contribution >= 4 is 60.5 Å². The zero-order chi connectivity index (χ0) is 38.4. The standard InChI is InChI=1S/C56H37NO/c1-2-16-41-36-43(31-30-38(41)14-1)49-22-6-5-21-48(49)42-18-11-19-45(37-42)57(44-34-32-40(33-35-44)47-25-12-17-39-15-3-4-20-46(39)47)54-28-9-7-23-50(54)52-26-13-27-53-51-24-8-10-29-55(51)58-56(52)53/h1-37H. The summed E-state index contributed by atoms with van der Waals surface area (Å²) in [6.45, 7) is 0. The van der Waals surface area contributed by atoms with Crippen LogP contribution in [0.1, 0.15) is 0 Å². The predicted molar refractivity (Wildman–Crippen MR) is 245 cm³/mol. The Balaban J connectivity index is 1.09. The first-order chi connectivity index (χ1) is 28.8. The molecule has 1 heterocycles. The van der Waals surface area contributed by atoms with Gasteiger partial charge in [-0.1, -0.05) is 182 Å². The highest BCUT2D eigenvalue weighted by molar-refractivity contribution is 6.11. The van der Waals surface area contributed by atoms with Crippen molar-refractivity contribution in [2.75, 3.05) is 4.90 Å². The minimum Gasteiger partial charge on any atom is -0.455 e. The first-order valence-corrected chi connectivity index (χ1v) is 19.8. The van der Waals surface area contributed by atoms with Gasteiger partial charge < -0.3 is 9.32 Å². The van der Waals surface area contributed by atoms with Crippen molar-refractivity contribution in [1.29, 1.82) is 0 Å². The topological polar surface area (TPSA) is 16.4 Å². The van der Waals surface area contributed by atoms with Gasteiger partial charge in [0.15, 0.2) is 0 Å². The van der Waals surface area contributed by atoms with E-state index in [-0.39, 0.29) is 0 Å².